The maximum Gasteiger partial charge on any atom is 0.0465 e. The molecule has 0 unspecified atom stereocenters. The summed E-state index contributed by atoms with van der Waals surface area (Å²) in [6.45, 7) is 13.8. The molecule has 0 fully saturated rings. The van der Waals surface area contributed by atoms with Gasteiger partial charge in [0, 0.05) is 45.0 Å². The fourth-order valence-electron chi connectivity index (χ4n) is 9.60. The molecule has 0 bridgehead atoms. The minimum absolute atomic E-state index is 0.155. The van der Waals surface area contributed by atoms with Crippen LogP contribution in [-0.2, 0) is 10.8 Å². The zero-order valence-corrected chi connectivity index (χ0v) is 35.4. The maximum atomic E-state index is 2.41. The molecule has 2 nitrogen and oxygen atoms in total. The predicted octanol–water partition coefficient (Wildman–Crippen LogP) is 16.0. The van der Waals surface area contributed by atoms with Crippen molar-refractivity contribution in [2.75, 3.05) is 9.80 Å². The van der Waals surface area contributed by atoms with E-state index in [4.69, 9.17) is 0 Å². The standard InChI is InChI=1S/C58H50N2/c1-39-17-25-45(26-18-39)59(43-13-9-7-10-14-43)47-29-33-51-49-31-23-41(35-53(49)57(3,4)55(51)37-47)21-22-42-24-32-50-52-34-30-48(38-56(52)58(5,6)54(50)36-42)60(44-15-11-8-12-16-44)46-27-19-40(2)20-28-46/h7-38H,1-6H3/b22-21+. The van der Waals surface area contributed by atoms with Crippen molar-refractivity contribution < 1.29 is 0 Å². The minimum atomic E-state index is -0.155. The number of fused-ring (bicyclic) bond motifs is 6. The van der Waals surface area contributed by atoms with Crippen molar-refractivity contribution in [1.29, 1.82) is 0 Å². The summed E-state index contributed by atoms with van der Waals surface area (Å²) in [7, 11) is 0. The van der Waals surface area contributed by atoms with Gasteiger partial charge in [-0.2, -0.15) is 0 Å². The lowest BCUT2D eigenvalue weighted by Crippen LogP contribution is -2.16. The average molecular weight is 775 g/mol. The number of hydrogen-bond donors (Lipinski definition) is 0. The molecule has 2 aliphatic carbocycles. The largest absolute Gasteiger partial charge is 0.310 e. The van der Waals surface area contributed by atoms with Crippen molar-refractivity contribution in [3.05, 3.63) is 226 Å². The van der Waals surface area contributed by atoms with Crippen LogP contribution in [0.5, 0.6) is 0 Å². The highest BCUT2D eigenvalue weighted by atomic mass is 15.1. The number of rotatable bonds is 8. The van der Waals surface area contributed by atoms with Gasteiger partial charge in [-0.1, -0.05) is 160 Å². The smallest absolute Gasteiger partial charge is 0.0465 e. The van der Waals surface area contributed by atoms with E-state index in [0.29, 0.717) is 0 Å². The van der Waals surface area contributed by atoms with Crippen LogP contribution in [0.1, 0.15) is 72.2 Å². The Hall–Kier alpha value is -6.90. The molecule has 0 N–H and O–H groups in total. The normalized spacial score (nSPS) is 14.0. The second-order valence-corrected chi connectivity index (χ2v) is 17.7. The molecule has 2 aliphatic rings. The first kappa shape index (κ1) is 37.4. The van der Waals surface area contributed by atoms with Crippen LogP contribution < -0.4 is 9.80 Å². The molecule has 60 heavy (non-hydrogen) atoms. The van der Waals surface area contributed by atoms with Crippen LogP contribution in [0.2, 0.25) is 0 Å². The number of para-hydroxylation sites is 2. The van der Waals surface area contributed by atoms with Gasteiger partial charge in [-0.15, -0.1) is 0 Å². The summed E-state index contributed by atoms with van der Waals surface area (Å²) in [5.74, 6) is 0. The van der Waals surface area contributed by atoms with E-state index in [1.165, 1.54) is 78.1 Å². The van der Waals surface area contributed by atoms with Gasteiger partial charge < -0.3 is 9.80 Å². The Morgan fingerprint density at radius 1 is 0.317 bits per heavy atom. The van der Waals surface area contributed by atoms with Crippen molar-refractivity contribution in [2.45, 2.75) is 52.4 Å². The number of nitrogens with zero attached hydrogens (tertiary/aromatic N) is 2. The minimum Gasteiger partial charge on any atom is -0.310 e. The van der Waals surface area contributed by atoms with Crippen molar-refractivity contribution in [2.24, 2.45) is 0 Å². The number of hydrogen-bond acceptors (Lipinski definition) is 2. The van der Waals surface area contributed by atoms with Gasteiger partial charge in [0.1, 0.15) is 0 Å². The van der Waals surface area contributed by atoms with Gasteiger partial charge >= 0.3 is 0 Å². The summed E-state index contributed by atoms with van der Waals surface area (Å²) in [6, 6.07) is 67.1. The highest BCUT2D eigenvalue weighted by Gasteiger charge is 2.37. The monoisotopic (exact) mass is 774 g/mol. The summed E-state index contributed by atoms with van der Waals surface area (Å²) in [6.07, 6.45) is 4.57. The first-order chi connectivity index (χ1) is 29.1. The lowest BCUT2D eigenvalue weighted by molar-refractivity contribution is 0.660. The fourth-order valence-corrected chi connectivity index (χ4v) is 9.60. The SMILES string of the molecule is Cc1ccc(N(c2ccccc2)c2ccc3c(c2)C(C)(C)c2cc(/C=C/c4ccc5c(c4)C(C)(C)c4cc(N(c6ccccc6)c6ccc(C)cc6)ccc4-5)ccc2-3)cc1. The zero-order chi connectivity index (χ0) is 41.2. The lowest BCUT2D eigenvalue weighted by Gasteiger charge is -2.28. The van der Waals surface area contributed by atoms with Crippen molar-refractivity contribution in [3.8, 4) is 22.3 Å². The van der Waals surface area contributed by atoms with Gasteiger partial charge in [-0.05, 0) is 142 Å². The Balaban J connectivity index is 0.940. The number of aryl methyl sites for hydroxylation is 2. The molecule has 8 aromatic rings. The Labute approximate surface area is 355 Å². The van der Waals surface area contributed by atoms with E-state index in [-0.39, 0.29) is 10.8 Å². The lowest BCUT2D eigenvalue weighted by atomic mass is 9.81. The van der Waals surface area contributed by atoms with Crippen LogP contribution >= 0.6 is 0 Å². The summed E-state index contributed by atoms with van der Waals surface area (Å²) < 4.78 is 0. The second kappa shape index (κ2) is 14.4. The summed E-state index contributed by atoms with van der Waals surface area (Å²) >= 11 is 0. The third kappa shape index (κ3) is 6.35. The molecule has 10 rings (SSSR count). The molecule has 0 spiro atoms. The molecule has 292 valence electrons. The Morgan fingerprint density at radius 3 is 0.983 bits per heavy atom. The molecule has 0 saturated carbocycles. The van der Waals surface area contributed by atoms with E-state index in [0.717, 1.165) is 22.7 Å². The summed E-state index contributed by atoms with van der Waals surface area (Å²) in [5, 5.41) is 0. The van der Waals surface area contributed by atoms with Crippen LogP contribution in [0.4, 0.5) is 34.1 Å². The molecule has 0 heterocycles. The zero-order valence-electron chi connectivity index (χ0n) is 35.4. The van der Waals surface area contributed by atoms with E-state index in [2.05, 4.69) is 245 Å². The molecule has 0 aliphatic heterocycles. The van der Waals surface area contributed by atoms with Crippen LogP contribution in [0.15, 0.2) is 182 Å². The van der Waals surface area contributed by atoms with Gasteiger partial charge in [-0.25, -0.2) is 0 Å². The molecule has 0 radical (unpaired) electrons. The van der Waals surface area contributed by atoms with E-state index < -0.39 is 0 Å². The third-order valence-corrected chi connectivity index (χ3v) is 13.0. The van der Waals surface area contributed by atoms with E-state index in [1.54, 1.807) is 0 Å². The molecule has 0 atom stereocenters. The predicted molar refractivity (Wildman–Crippen MR) is 256 cm³/mol. The van der Waals surface area contributed by atoms with Crippen molar-refractivity contribution in [1.82, 2.24) is 0 Å². The molecule has 0 amide bonds. The Bertz CT molecular complexity index is 2720. The average Bonchev–Trinajstić information content (AvgIpc) is 3.63. The molecule has 2 heteroatoms. The first-order valence-corrected chi connectivity index (χ1v) is 21.2. The highest BCUT2D eigenvalue weighted by molar-refractivity contribution is 5.89. The third-order valence-electron chi connectivity index (χ3n) is 13.0. The summed E-state index contributed by atoms with van der Waals surface area (Å²) in [5.41, 5.74) is 22.3. The van der Waals surface area contributed by atoms with Crippen LogP contribution in [0.25, 0.3) is 34.4 Å². The molecule has 8 aromatic carbocycles. The van der Waals surface area contributed by atoms with Gasteiger partial charge in [0.05, 0.1) is 0 Å². The van der Waals surface area contributed by atoms with E-state index in [9.17, 15) is 0 Å². The van der Waals surface area contributed by atoms with Crippen molar-refractivity contribution in [3.63, 3.8) is 0 Å². The number of benzene rings is 8. The van der Waals surface area contributed by atoms with Gasteiger partial charge in [0.15, 0.2) is 0 Å². The van der Waals surface area contributed by atoms with Crippen LogP contribution in [-0.4, -0.2) is 0 Å². The molecule has 0 saturated heterocycles. The summed E-state index contributed by atoms with van der Waals surface area (Å²) in [4.78, 5) is 4.74. The fraction of sp³-hybridized carbons (Fsp3) is 0.138. The highest BCUT2D eigenvalue weighted by Crippen LogP contribution is 2.53. The number of anilines is 6. The van der Waals surface area contributed by atoms with Gasteiger partial charge in [0.25, 0.3) is 0 Å². The molecular formula is C58H50N2. The van der Waals surface area contributed by atoms with E-state index >= 15 is 0 Å². The molecule has 0 aromatic heterocycles. The molecular weight excluding hydrogens is 725 g/mol. The maximum absolute atomic E-state index is 2.41. The van der Waals surface area contributed by atoms with E-state index in [1.807, 2.05) is 0 Å². The first-order valence-electron chi connectivity index (χ1n) is 21.2. The second-order valence-electron chi connectivity index (χ2n) is 17.7. The van der Waals surface area contributed by atoms with Gasteiger partial charge in [-0.3, -0.25) is 0 Å². The van der Waals surface area contributed by atoms with Crippen LogP contribution in [0.3, 0.4) is 0 Å². The van der Waals surface area contributed by atoms with Gasteiger partial charge in [0.2, 0.25) is 0 Å². The topological polar surface area (TPSA) is 6.48 Å². The van der Waals surface area contributed by atoms with Crippen molar-refractivity contribution >= 4 is 46.3 Å². The quantitative estimate of drug-likeness (QED) is 0.142. The van der Waals surface area contributed by atoms with Crippen LogP contribution in [0, 0.1) is 13.8 Å². The Kier molecular flexibility index (Phi) is 8.99. The Morgan fingerprint density at radius 2 is 0.617 bits per heavy atom.